The topological polar surface area (TPSA) is 133 Å². The molecule has 0 spiro atoms. The van der Waals surface area contributed by atoms with Crippen molar-refractivity contribution in [3.05, 3.63) is 22.8 Å². The Kier molecular flexibility index (Phi) is 4.44. The molecule has 0 saturated heterocycles. The molecule has 8 nitrogen and oxygen atoms in total. The molecule has 24 heavy (non-hydrogen) atoms. The molecular weight excluding hydrogens is 340 g/mol. The van der Waals surface area contributed by atoms with Crippen molar-refractivity contribution in [2.24, 2.45) is 5.41 Å². The maximum atomic E-state index is 12.2. The van der Waals surface area contributed by atoms with Gasteiger partial charge in [0, 0.05) is 11.5 Å². The number of carbonyl (C=O) groups excluding carboxylic acids is 1. The predicted octanol–water partition coefficient (Wildman–Crippen LogP) is 3.09. The zero-order valence-corrected chi connectivity index (χ0v) is 13.8. The molecule has 128 valence electrons. The molecule has 1 aromatic heterocycles. The lowest BCUT2D eigenvalue weighted by atomic mass is 9.95. The van der Waals surface area contributed by atoms with Crippen LogP contribution in [0.25, 0.3) is 11.3 Å². The molecular formula is C15H15ClN2O6. The van der Waals surface area contributed by atoms with E-state index in [0.29, 0.717) is 0 Å². The summed E-state index contributed by atoms with van der Waals surface area (Å²) in [5.41, 5.74) is -1.56. The van der Waals surface area contributed by atoms with E-state index < -0.39 is 28.7 Å². The Labute approximate surface area is 141 Å². The monoisotopic (exact) mass is 354 g/mol. The van der Waals surface area contributed by atoms with Gasteiger partial charge in [-0.25, -0.2) is 4.79 Å². The first kappa shape index (κ1) is 17.6. The number of halogens is 1. The number of aromatic carboxylic acids is 1. The van der Waals surface area contributed by atoms with Crippen molar-refractivity contribution in [2.45, 2.75) is 20.8 Å². The molecule has 0 atom stereocenters. The molecule has 1 aromatic carbocycles. The van der Waals surface area contributed by atoms with Crippen molar-refractivity contribution in [1.29, 1.82) is 0 Å². The molecule has 1 amide bonds. The molecule has 0 aliphatic heterocycles. The number of rotatable bonds is 3. The maximum Gasteiger partial charge on any atom is 0.360 e. The Balaban J connectivity index is 2.62. The fraction of sp³-hybridized carbons (Fsp3) is 0.267. The lowest BCUT2D eigenvalue weighted by Crippen LogP contribution is -2.28. The summed E-state index contributed by atoms with van der Waals surface area (Å²) in [6.07, 6.45) is 0. The van der Waals surface area contributed by atoms with Crippen LogP contribution in [0.15, 0.2) is 16.7 Å². The number of nitrogens with one attached hydrogen (secondary N) is 1. The van der Waals surface area contributed by atoms with Crippen LogP contribution in [0.5, 0.6) is 11.5 Å². The number of nitrogens with zero attached hydrogens (tertiary/aromatic N) is 1. The van der Waals surface area contributed by atoms with Crippen molar-refractivity contribution in [1.82, 2.24) is 5.16 Å². The van der Waals surface area contributed by atoms with Gasteiger partial charge in [-0.05, 0) is 6.07 Å². The molecule has 0 unspecified atom stereocenters. The quantitative estimate of drug-likeness (QED) is 0.665. The third kappa shape index (κ3) is 3.28. The Morgan fingerprint density at radius 2 is 1.83 bits per heavy atom. The summed E-state index contributed by atoms with van der Waals surface area (Å²) in [5, 5.41) is 34.4. The van der Waals surface area contributed by atoms with Gasteiger partial charge in [0.05, 0.1) is 10.6 Å². The van der Waals surface area contributed by atoms with E-state index in [2.05, 4.69) is 10.5 Å². The molecule has 0 fully saturated rings. The number of anilines is 1. The molecule has 1 heterocycles. The van der Waals surface area contributed by atoms with Crippen LogP contribution in [0.3, 0.4) is 0 Å². The van der Waals surface area contributed by atoms with E-state index in [1.165, 1.54) is 6.07 Å². The number of phenolic OH excluding ortho intramolecular Hbond substituents is 2. The first-order chi connectivity index (χ1) is 11.0. The molecule has 0 radical (unpaired) electrons. The van der Waals surface area contributed by atoms with Gasteiger partial charge in [-0.15, -0.1) is 0 Å². The summed E-state index contributed by atoms with van der Waals surface area (Å²) >= 11 is 5.81. The van der Waals surface area contributed by atoms with Crippen LogP contribution in [0.2, 0.25) is 5.02 Å². The smallest absolute Gasteiger partial charge is 0.360 e. The van der Waals surface area contributed by atoms with Crippen LogP contribution in [0, 0.1) is 5.41 Å². The molecule has 4 N–H and O–H groups in total. The maximum absolute atomic E-state index is 12.2. The van der Waals surface area contributed by atoms with Gasteiger partial charge in [-0.1, -0.05) is 37.5 Å². The fourth-order valence-electron chi connectivity index (χ4n) is 1.77. The predicted molar refractivity (Wildman–Crippen MR) is 85.3 cm³/mol. The third-order valence-electron chi connectivity index (χ3n) is 3.12. The molecule has 0 aliphatic carbocycles. The third-order valence-corrected chi connectivity index (χ3v) is 3.43. The van der Waals surface area contributed by atoms with E-state index in [-0.39, 0.29) is 27.8 Å². The minimum atomic E-state index is -1.42. The largest absolute Gasteiger partial charge is 0.507 e. The van der Waals surface area contributed by atoms with Crippen LogP contribution in [0.4, 0.5) is 5.69 Å². The number of benzene rings is 1. The molecule has 9 heteroatoms. The zero-order chi connectivity index (χ0) is 18.2. The summed E-state index contributed by atoms with van der Waals surface area (Å²) < 4.78 is 4.99. The van der Waals surface area contributed by atoms with Gasteiger partial charge in [0.1, 0.15) is 17.2 Å². The number of phenols is 2. The first-order valence-corrected chi connectivity index (χ1v) is 7.16. The lowest BCUT2D eigenvalue weighted by Gasteiger charge is -2.17. The highest BCUT2D eigenvalue weighted by molar-refractivity contribution is 6.32. The van der Waals surface area contributed by atoms with E-state index in [9.17, 15) is 24.9 Å². The second kappa shape index (κ2) is 6.04. The fourth-order valence-corrected chi connectivity index (χ4v) is 1.93. The van der Waals surface area contributed by atoms with Crippen LogP contribution in [-0.2, 0) is 4.79 Å². The number of carboxylic acids is 1. The normalized spacial score (nSPS) is 11.3. The standard InChI is InChI=1S/C15H15ClN2O6/c1-15(2,3)14(23)17-10-11(13(21)22)18-24-12(10)6-4-7(16)9(20)5-8(6)19/h4-5,19-20H,1-3H3,(H,17,23)(H,21,22). The van der Waals surface area contributed by atoms with Crippen molar-refractivity contribution >= 4 is 29.2 Å². The molecule has 2 rings (SSSR count). The van der Waals surface area contributed by atoms with Crippen LogP contribution < -0.4 is 5.32 Å². The SMILES string of the molecule is CC(C)(C)C(=O)Nc1c(C(=O)O)noc1-c1cc(Cl)c(O)cc1O. The van der Waals surface area contributed by atoms with Gasteiger partial charge in [0.15, 0.2) is 5.76 Å². The summed E-state index contributed by atoms with van der Waals surface area (Å²) in [6, 6.07) is 2.14. The number of aromatic nitrogens is 1. The highest BCUT2D eigenvalue weighted by Crippen LogP contribution is 2.41. The Hall–Kier alpha value is -2.74. The number of carboxylic acid groups (broad SMARTS) is 1. The minimum absolute atomic E-state index is 0.0259. The Morgan fingerprint density at radius 1 is 1.21 bits per heavy atom. The van der Waals surface area contributed by atoms with Crippen molar-refractivity contribution in [2.75, 3.05) is 5.32 Å². The number of hydrogen-bond donors (Lipinski definition) is 4. The zero-order valence-electron chi connectivity index (χ0n) is 13.0. The second-order valence-corrected chi connectivity index (χ2v) is 6.47. The minimum Gasteiger partial charge on any atom is -0.507 e. The van der Waals surface area contributed by atoms with E-state index in [1.807, 2.05) is 0 Å². The van der Waals surface area contributed by atoms with Gasteiger partial charge in [0.25, 0.3) is 0 Å². The molecule has 0 aliphatic rings. The van der Waals surface area contributed by atoms with Crippen LogP contribution in [-0.4, -0.2) is 32.4 Å². The van der Waals surface area contributed by atoms with E-state index >= 15 is 0 Å². The van der Waals surface area contributed by atoms with Crippen LogP contribution in [0.1, 0.15) is 31.3 Å². The number of amides is 1. The first-order valence-electron chi connectivity index (χ1n) is 6.78. The Bertz CT molecular complexity index is 822. The van der Waals surface area contributed by atoms with Crippen LogP contribution >= 0.6 is 11.6 Å². The van der Waals surface area contributed by atoms with Gasteiger partial charge < -0.3 is 25.2 Å². The van der Waals surface area contributed by atoms with Gasteiger partial charge in [-0.2, -0.15) is 0 Å². The number of carbonyl (C=O) groups is 2. The number of hydrogen-bond acceptors (Lipinski definition) is 6. The van der Waals surface area contributed by atoms with Gasteiger partial charge in [0.2, 0.25) is 11.6 Å². The van der Waals surface area contributed by atoms with E-state index in [1.54, 1.807) is 20.8 Å². The Morgan fingerprint density at radius 3 is 2.38 bits per heavy atom. The summed E-state index contributed by atoms with van der Waals surface area (Å²) in [5.74, 6) is -2.87. The van der Waals surface area contributed by atoms with Gasteiger partial charge >= 0.3 is 5.97 Å². The van der Waals surface area contributed by atoms with E-state index in [0.717, 1.165) is 6.07 Å². The average Bonchev–Trinajstić information content (AvgIpc) is 2.85. The molecule has 0 bridgehead atoms. The summed E-state index contributed by atoms with van der Waals surface area (Å²) in [7, 11) is 0. The second-order valence-electron chi connectivity index (χ2n) is 6.07. The van der Waals surface area contributed by atoms with E-state index in [4.69, 9.17) is 16.1 Å². The molecule has 0 saturated carbocycles. The van der Waals surface area contributed by atoms with Crippen molar-refractivity contribution in [3.63, 3.8) is 0 Å². The summed E-state index contributed by atoms with van der Waals surface area (Å²) in [4.78, 5) is 23.5. The van der Waals surface area contributed by atoms with Gasteiger partial charge in [-0.3, -0.25) is 4.79 Å². The summed E-state index contributed by atoms with van der Waals surface area (Å²) in [6.45, 7) is 4.93. The average molecular weight is 355 g/mol. The highest BCUT2D eigenvalue weighted by atomic mass is 35.5. The van der Waals surface area contributed by atoms with Crippen molar-refractivity contribution in [3.8, 4) is 22.8 Å². The highest BCUT2D eigenvalue weighted by Gasteiger charge is 2.30. The molecule has 2 aromatic rings. The lowest BCUT2D eigenvalue weighted by molar-refractivity contribution is -0.123. The number of aromatic hydroxyl groups is 2. The van der Waals surface area contributed by atoms with Crippen molar-refractivity contribution < 1.29 is 29.4 Å².